The fourth-order valence-electron chi connectivity index (χ4n) is 2.90. The molecule has 0 spiro atoms. The van der Waals surface area contributed by atoms with Crippen molar-refractivity contribution < 1.29 is 9.53 Å². The lowest BCUT2D eigenvalue weighted by molar-refractivity contribution is -0.134. The summed E-state index contributed by atoms with van der Waals surface area (Å²) in [7, 11) is 0. The molecule has 2 fully saturated rings. The molecule has 21 heavy (non-hydrogen) atoms. The quantitative estimate of drug-likeness (QED) is 0.872. The van der Waals surface area contributed by atoms with Crippen LogP contribution in [0.2, 0.25) is 0 Å². The van der Waals surface area contributed by atoms with E-state index in [9.17, 15) is 4.79 Å². The van der Waals surface area contributed by atoms with E-state index in [1.807, 2.05) is 35.2 Å². The van der Waals surface area contributed by atoms with E-state index in [0.29, 0.717) is 12.1 Å². The Balaban J connectivity index is 1.52. The molecule has 1 atom stereocenters. The third-order valence-electron chi connectivity index (χ3n) is 4.24. The van der Waals surface area contributed by atoms with Crippen LogP contribution in [0.3, 0.4) is 0 Å². The molecule has 1 amide bonds. The van der Waals surface area contributed by atoms with Gasteiger partial charge in [-0.05, 0) is 44.4 Å². The lowest BCUT2D eigenvalue weighted by atomic mass is 10.0. The van der Waals surface area contributed by atoms with Gasteiger partial charge in [0.05, 0.1) is 0 Å². The Morgan fingerprint density at radius 3 is 2.67 bits per heavy atom. The molecule has 0 bridgehead atoms. The molecule has 1 saturated carbocycles. The molecular formula is C17H24N2O2. The summed E-state index contributed by atoms with van der Waals surface area (Å²) in [6.07, 6.45) is 5.99. The van der Waals surface area contributed by atoms with Gasteiger partial charge in [-0.25, -0.2) is 0 Å². The molecule has 1 aliphatic heterocycles. The van der Waals surface area contributed by atoms with Crippen molar-refractivity contribution >= 4 is 5.91 Å². The van der Waals surface area contributed by atoms with E-state index in [-0.39, 0.29) is 12.5 Å². The molecule has 0 radical (unpaired) electrons. The Kier molecular flexibility index (Phi) is 4.76. The third kappa shape index (κ3) is 4.21. The smallest absolute Gasteiger partial charge is 0.260 e. The van der Waals surface area contributed by atoms with E-state index >= 15 is 0 Å². The molecule has 1 aromatic rings. The van der Waals surface area contributed by atoms with E-state index in [2.05, 4.69) is 5.32 Å². The second-order valence-electron chi connectivity index (χ2n) is 6.03. The fraction of sp³-hybridized carbons (Fsp3) is 0.588. The average molecular weight is 288 g/mol. The second kappa shape index (κ2) is 6.94. The van der Waals surface area contributed by atoms with Crippen LogP contribution in [0.5, 0.6) is 5.75 Å². The average Bonchev–Trinajstić information content (AvgIpc) is 3.37. The molecule has 4 heteroatoms. The second-order valence-corrected chi connectivity index (χ2v) is 6.03. The van der Waals surface area contributed by atoms with Crippen molar-refractivity contribution in [2.24, 2.45) is 0 Å². The van der Waals surface area contributed by atoms with E-state index in [0.717, 1.165) is 31.7 Å². The van der Waals surface area contributed by atoms with Gasteiger partial charge in [-0.15, -0.1) is 0 Å². The van der Waals surface area contributed by atoms with Crippen LogP contribution in [0.25, 0.3) is 0 Å². The first-order valence-corrected chi connectivity index (χ1v) is 8.03. The van der Waals surface area contributed by atoms with Gasteiger partial charge in [-0.2, -0.15) is 0 Å². The van der Waals surface area contributed by atoms with Crippen LogP contribution in [0.4, 0.5) is 0 Å². The highest BCUT2D eigenvalue weighted by Crippen LogP contribution is 2.28. The zero-order valence-electron chi connectivity index (χ0n) is 12.5. The summed E-state index contributed by atoms with van der Waals surface area (Å²) in [5, 5.41) is 3.53. The van der Waals surface area contributed by atoms with Gasteiger partial charge in [0.1, 0.15) is 5.75 Å². The van der Waals surface area contributed by atoms with Crippen molar-refractivity contribution in [2.45, 2.75) is 44.2 Å². The highest BCUT2D eigenvalue weighted by atomic mass is 16.5. The van der Waals surface area contributed by atoms with E-state index in [1.165, 1.54) is 19.3 Å². The largest absolute Gasteiger partial charge is 0.484 e. The molecule has 1 unspecified atom stereocenters. The SMILES string of the molecule is O=C(COc1ccccc1)N(CC1CCCCN1)C1CC1. The molecular weight excluding hydrogens is 264 g/mol. The summed E-state index contributed by atoms with van der Waals surface area (Å²) in [6.45, 7) is 2.06. The number of carbonyl (C=O) groups excluding carboxylic acids is 1. The molecule has 1 heterocycles. The zero-order valence-corrected chi connectivity index (χ0v) is 12.5. The van der Waals surface area contributed by atoms with Crippen LogP contribution in [-0.2, 0) is 4.79 Å². The van der Waals surface area contributed by atoms with Crippen molar-refractivity contribution in [1.29, 1.82) is 0 Å². The highest BCUT2D eigenvalue weighted by Gasteiger charge is 2.34. The first-order chi connectivity index (χ1) is 10.3. The molecule has 1 saturated heterocycles. The van der Waals surface area contributed by atoms with E-state index < -0.39 is 0 Å². The monoisotopic (exact) mass is 288 g/mol. The number of ether oxygens (including phenoxy) is 1. The van der Waals surface area contributed by atoms with Crippen molar-refractivity contribution in [3.63, 3.8) is 0 Å². The number of hydrogen-bond donors (Lipinski definition) is 1. The normalized spacial score (nSPS) is 21.8. The van der Waals surface area contributed by atoms with Gasteiger partial charge in [0.15, 0.2) is 6.61 Å². The lowest BCUT2D eigenvalue weighted by Crippen LogP contribution is -2.47. The predicted molar refractivity (Wildman–Crippen MR) is 82.3 cm³/mol. The Morgan fingerprint density at radius 1 is 1.19 bits per heavy atom. The van der Waals surface area contributed by atoms with E-state index in [1.54, 1.807) is 0 Å². The number of benzene rings is 1. The third-order valence-corrected chi connectivity index (χ3v) is 4.24. The number of piperidine rings is 1. The Bertz CT molecular complexity index is 453. The van der Waals surface area contributed by atoms with Crippen LogP contribution in [0.15, 0.2) is 30.3 Å². The minimum absolute atomic E-state index is 0.119. The number of carbonyl (C=O) groups is 1. The first kappa shape index (κ1) is 14.4. The Morgan fingerprint density at radius 2 is 2.00 bits per heavy atom. The topological polar surface area (TPSA) is 41.6 Å². The van der Waals surface area contributed by atoms with E-state index in [4.69, 9.17) is 4.74 Å². The maximum atomic E-state index is 12.4. The highest BCUT2D eigenvalue weighted by molar-refractivity contribution is 5.78. The van der Waals surface area contributed by atoms with Crippen LogP contribution in [0, 0.1) is 0 Å². The summed E-state index contributed by atoms with van der Waals surface area (Å²) in [6, 6.07) is 10.5. The van der Waals surface area contributed by atoms with Crippen LogP contribution < -0.4 is 10.1 Å². The maximum Gasteiger partial charge on any atom is 0.260 e. The summed E-state index contributed by atoms with van der Waals surface area (Å²) in [4.78, 5) is 14.5. The number of amides is 1. The number of rotatable bonds is 6. The Labute approximate surface area is 126 Å². The molecule has 2 aliphatic rings. The van der Waals surface area contributed by atoms with Crippen molar-refractivity contribution in [3.05, 3.63) is 30.3 Å². The Hall–Kier alpha value is -1.55. The standard InChI is InChI=1S/C17H24N2O2/c20-17(13-21-16-7-2-1-3-8-16)19(15-9-10-15)12-14-6-4-5-11-18-14/h1-3,7-8,14-15,18H,4-6,9-13H2. The number of nitrogens with zero attached hydrogens (tertiary/aromatic N) is 1. The molecule has 4 nitrogen and oxygen atoms in total. The molecule has 1 aromatic carbocycles. The molecule has 1 N–H and O–H groups in total. The van der Waals surface area contributed by atoms with Gasteiger partial charge in [0.25, 0.3) is 5.91 Å². The summed E-state index contributed by atoms with van der Waals surface area (Å²) < 4.78 is 5.60. The number of para-hydroxylation sites is 1. The van der Waals surface area contributed by atoms with Crippen molar-refractivity contribution in [3.8, 4) is 5.75 Å². The molecule has 1 aliphatic carbocycles. The first-order valence-electron chi connectivity index (χ1n) is 8.03. The number of nitrogens with one attached hydrogen (secondary N) is 1. The predicted octanol–water partition coefficient (Wildman–Crippen LogP) is 2.20. The van der Waals surface area contributed by atoms with Crippen LogP contribution in [-0.4, -0.2) is 42.6 Å². The number of hydrogen-bond acceptors (Lipinski definition) is 3. The lowest BCUT2D eigenvalue weighted by Gasteiger charge is -2.30. The van der Waals surface area contributed by atoms with Crippen LogP contribution >= 0.6 is 0 Å². The zero-order chi connectivity index (χ0) is 14.5. The van der Waals surface area contributed by atoms with Gasteiger partial charge < -0.3 is 15.0 Å². The summed E-state index contributed by atoms with van der Waals surface area (Å²) in [5.41, 5.74) is 0. The fourth-order valence-corrected chi connectivity index (χ4v) is 2.90. The van der Waals surface area contributed by atoms with Crippen LogP contribution in [0.1, 0.15) is 32.1 Å². The van der Waals surface area contributed by atoms with Gasteiger partial charge in [0.2, 0.25) is 0 Å². The summed E-state index contributed by atoms with van der Waals surface area (Å²) in [5.74, 6) is 0.881. The minimum Gasteiger partial charge on any atom is -0.484 e. The minimum atomic E-state index is 0.119. The molecule has 114 valence electrons. The molecule has 0 aromatic heterocycles. The van der Waals surface area contributed by atoms with Crippen molar-refractivity contribution in [2.75, 3.05) is 19.7 Å². The van der Waals surface area contributed by atoms with Gasteiger partial charge in [-0.3, -0.25) is 4.79 Å². The van der Waals surface area contributed by atoms with Gasteiger partial charge >= 0.3 is 0 Å². The van der Waals surface area contributed by atoms with Gasteiger partial charge in [-0.1, -0.05) is 24.6 Å². The summed E-state index contributed by atoms with van der Waals surface area (Å²) >= 11 is 0. The molecule has 3 rings (SSSR count). The van der Waals surface area contributed by atoms with Crippen molar-refractivity contribution in [1.82, 2.24) is 10.2 Å². The van der Waals surface area contributed by atoms with Gasteiger partial charge in [0, 0.05) is 18.6 Å². The maximum absolute atomic E-state index is 12.4.